The first-order valence-electron chi connectivity index (χ1n) is 3.77. The molecule has 54 valence electrons. The lowest BCUT2D eigenvalue weighted by Gasteiger charge is -2.27. The van der Waals surface area contributed by atoms with E-state index in [9.17, 15) is 0 Å². The van der Waals surface area contributed by atoms with Gasteiger partial charge >= 0.3 is 0 Å². The average Bonchev–Trinajstić information content (AvgIpc) is 1.89. The van der Waals surface area contributed by atoms with E-state index in [-0.39, 0.29) is 0 Å². The van der Waals surface area contributed by atoms with E-state index >= 15 is 0 Å². The fourth-order valence-corrected chi connectivity index (χ4v) is 1.52. The molecule has 1 fully saturated rings. The molecule has 0 aromatic carbocycles. The van der Waals surface area contributed by atoms with Gasteiger partial charge in [0.25, 0.3) is 0 Å². The Bertz CT molecular complexity index is 83.0. The van der Waals surface area contributed by atoms with Crippen molar-refractivity contribution < 1.29 is 0 Å². The highest BCUT2D eigenvalue weighted by molar-refractivity contribution is 4.81. The van der Waals surface area contributed by atoms with Gasteiger partial charge in [0.05, 0.1) is 0 Å². The molecule has 2 heteroatoms. The summed E-state index contributed by atoms with van der Waals surface area (Å²) in [7, 11) is 2.00. The molecule has 0 heterocycles. The highest BCUT2D eigenvalue weighted by atomic mass is 14.9. The van der Waals surface area contributed by atoms with Gasteiger partial charge < -0.3 is 11.1 Å². The molecule has 0 bridgehead atoms. The zero-order valence-electron chi connectivity index (χ0n) is 6.06. The molecule has 0 radical (unpaired) electrons. The molecule has 1 rings (SSSR count). The Hall–Kier alpha value is -0.0800. The van der Waals surface area contributed by atoms with E-state index < -0.39 is 0 Å². The molecule has 2 atom stereocenters. The van der Waals surface area contributed by atoms with Crippen molar-refractivity contribution in [1.82, 2.24) is 5.32 Å². The average molecular weight is 128 g/mol. The summed E-state index contributed by atoms with van der Waals surface area (Å²) in [6.07, 6.45) is 5.13. The monoisotopic (exact) mass is 128 g/mol. The van der Waals surface area contributed by atoms with E-state index in [4.69, 9.17) is 5.73 Å². The third-order valence-corrected chi connectivity index (χ3v) is 2.19. The fraction of sp³-hybridized carbons (Fsp3) is 1.00. The van der Waals surface area contributed by atoms with Gasteiger partial charge in [0.1, 0.15) is 0 Å². The van der Waals surface area contributed by atoms with Crippen LogP contribution in [-0.4, -0.2) is 19.1 Å². The summed E-state index contributed by atoms with van der Waals surface area (Å²) in [5.74, 6) is 0. The van der Waals surface area contributed by atoms with Crippen molar-refractivity contribution in [2.45, 2.75) is 37.8 Å². The molecule has 0 aliphatic heterocycles. The zero-order valence-corrected chi connectivity index (χ0v) is 6.06. The van der Waals surface area contributed by atoms with Crippen molar-refractivity contribution in [2.75, 3.05) is 7.05 Å². The van der Waals surface area contributed by atoms with E-state index in [0.29, 0.717) is 12.1 Å². The lowest BCUT2D eigenvalue weighted by atomic mass is 9.91. The van der Waals surface area contributed by atoms with E-state index in [1.807, 2.05) is 7.05 Å². The Morgan fingerprint density at radius 2 is 2.00 bits per heavy atom. The highest BCUT2D eigenvalue weighted by Gasteiger charge is 2.18. The van der Waals surface area contributed by atoms with Gasteiger partial charge in [0, 0.05) is 12.1 Å². The number of hydrogen-bond acceptors (Lipinski definition) is 2. The largest absolute Gasteiger partial charge is 0.326 e. The predicted molar refractivity (Wildman–Crippen MR) is 39.3 cm³/mol. The molecule has 0 amide bonds. The molecule has 1 aliphatic carbocycles. The maximum absolute atomic E-state index is 5.83. The Morgan fingerprint density at radius 1 is 1.33 bits per heavy atom. The van der Waals surface area contributed by atoms with Crippen molar-refractivity contribution in [3.05, 3.63) is 0 Å². The maximum atomic E-state index is 5.83. The summed E-state index contributed by atoms with van der Waals surface area (Å²) in [5.41, 5.74) is 5.83. The Morgan fingerprint density at radius 3 is 2.44 bits per heavy atom. The Labute approximate surface area is 56.8 Å². The first-order chi connectivity index (χ1) is 4.34. The summed E-state index contributed by atoms with van der Waals surface area (Å²) in [4.78, 5) is 0. The fourth-order valence-electron chi connectivity index (χ4n) is 1.52. The summed E-state index contributed by atoms with van der Waals surface area (Å²) in [6.45, 7) is 0. The van der Waals surface area contributed by atoms with Crippen LogP contribution in [0.25, 0.3) is 0 Å². The maximum Gasteiger partial charge on any atom is 0.0216 e. The molecule has 0 spiro atoms. The van der Waals surface area contributed by atoms with Crippen molar-refractivity contribution in [3.8, 4) is 0 Å². The van der Waals surface area contributed by atoms with E-state index in [1.165, 1.54) is 25.7 Å². The second kappa shape index (κ2) is 3.18. The molecule has 1 aliphatic rings. The van der Waals surface area contributed by atoms with Crippen LogP contribution in [0.5, 0.6) is 0 Å². The van der Waals surface area contributed by atoms with Gasteiger partial charge in [-0.1, -0.05) is 12.8 Å². The Kier molecular flexibility index (Phi) is 2.49. The minimum Gasteiger partial charge on any atom is -0.326 e. The van der Waals surface area contributed by atoms with E-state index in [0.717, 1.165) is 0 Å². The number of likely N-dealkylation sites (N-methyl/N-ethyl adjacent to an activating group) is 1. The van der Waals surface area contributed by atoms with Crippen LogP contribution in [0.15, 0.2) is 0 Å². The topological polar surface area (TPSA) is 38.0 Å². The second-order valence-electron chi connectivity index (χ2n) is 2.84. The van der Waals surface area contributed by atoms with Crippen LogP contribution in [0.3, 0.4) is 0 Å². The molecule has 1 unspecified atom stereocenters. The molecule has 0 aromatic heterocycles. The highest BCUT2D eigenvalue weighted by Crippen LogP contribution is 2.15. The van der Waals surface area contributed by atoms with Gasteiger partial charge in [-0.3, -0.25) is 0 Å². The van der Waals surface area contributed by atoms with Gasteiger partial charge in [0.15, 0.2) is 0 Å². The van der Waals surface area contributed by atoms with Crippen LogP contribution in [0, 0.1) is 0 Å². The zero-order chi connectivity index (χ0) is 6.69. The summed E-state index contributed by atoms with van der Waals surface area (Å²) >= 11 is 0. The second-order valence-corrected chi connectivity index (χ2v) is 2.84. The van der Waals surface area contributed by atoms with Gasteiger partial charge in [-0.25, -0.2) is 0 Å². The number of nitrogens with two attached hydrogens (primary N) is 1. The van der Waals surface area contributed by atoms with E-state index in [2.05, 4.69) is 5.32 Å². The van der Waals surface area contributed by atoms with Gasteiger partial charge in [-0.05, 0) is 19.9 Å². The van der Waals surface area contributed by atoms with Crippen molar-refractivity contribution in [2.24, 2.45) is 5.73 Å². The summed E-state index contributed by atoms with van der Waals surface area (Å²) in [6, 6.07) is 0.988. The van der Waals surface area contributed by atoms with Crippen molar-refractivity contribution in [3.63, 3.8) is 0 Å². The van der Waals surface area contributed by atoms with Crippen LogP contribution >= 0.6 is 0 Å². The molecule has 1 saturated carbocycles. The predicted octanol–water partition coefficient (Wildman–Crippen LogP) is 0.476. The van der Waals surface area contributed by atoms with Crippen LogP contribution in [0.4, 0.5) is 0 Å². The molecule has 0 aromatic rings. The first kappa shape index (κ1) is 7.03. The molecular weight excluding hydrogens is 112 g/mol. The summed E-state index contributed by atoms with van der Waals surface area (Å²) in [5, 5.41) is 3.23. The molecule has 3 N–H and O–H groups in total. The van der Waals surface area contributed by atoms with Crippen molar-refractivity contribution >= 4 is 0 Å². The third kappa shape index (κ3) is 1.66. The smallest absolute Gasteiger partial charge is 0.0216 e. The lowest BCUT2D eigenvalue weighted by Crippen LogP contribution is -2.45. The van der Waals surface area contributed by atoms with Crippen LogP contribution in [-0.2, 0) is 0 Å². The molecular formula is C7H16N2. The normalized spacial score (nSPS) is 36.7. The SMILES string of the molecule is CN[C@H]1CCCCC1N. The standard InChI is InChI=1S/C7H16N2/c1-9-7-5-3-2-4-6(7)8/h6-7,9H,2-5,8H2,1H3/t6?,7-/m0/s1. The number of hydrogen-bond donors (Lipinski definition) is 2. The van der Waals surface area contributed by atoms with E-state index in [1.54, 1.807) is 0 Å². The van der Waals surface area contributed by atoms with Gasteiger partial charge in [-0.15, -0.1) is 0 Å². The quantitative estimate of drug-likeness (QED) is 0.539. The molecule has 0 saturated heterocycles. The van der Waals surface area contributed by atoms with Gasteiger partial charge in [-0.2, -0.15) is 0 Å². The Balaban J connectivity index is 2.30. The van der Waals surface area contributed by atoms with Crippen LogP contribution in [0.2, 0.25) is 0 Å². The number of rotatable bonds is 1. The lowest BCUT2D eigenvalue weighted by molar-refractivity contribution is 0.344. The van der Waals surface area contributed by atoms with Crippen LogP contribution < -0.4 is 11.1 Å². The third-order valence-electron chi connectivity index (χ3n) is 2.19. The minimum atomic E-state index is 0.406. The first-order valence-corrected chi connectivity index (χ1v) is 3.77. The minimum absolute atomic E-state index is 0.406. The summed E-state index contributed by atoms with van der Waals surface area (Å²) < 4.78 is 0. The van der Waals surface area contributed by atoms with Crippen LogP contribution in [0.1, 0.15) is 25.7 Å². The van der Waals surface area contributed by atoms with Gasteiger partial charge in [0.2, 0.25) is 0 Å². The molecule has 2 nitrogen and oxygen atoms in total. The molecule has 9 heavy (non-hydrogen) atoms. The van der Waals surface area contributed by atoms with Crippen molar-refractivity contribution in [1.29, 1.82) is 0 Å². The number of nitrogens with one attached hydrogen (secondary N) is 1.